The summed E-state index contributed by atoms with van der Waals surface area (Å²) >= 11 is 11.3. The van der Waals surface area contributed by atoms with E-state index in [0.717, 1.165) is 44.0 Å². The highest BCUT2D eigenvalue weighted by atomic mass is 35.5. The van der Waals surface area contributed by atoms with Crippen molar-refractivity contribution in [3.05, 3.63) is 58.9 Å². The molecule has 1 fully saturated rings. The predicted octanol–water partition coefficient (Wildman–Crippen LogP) is 4.15. The Bertz CT molecular complexity index is 861. The first-order chi connectivity index (χ1) is 14.5. The van der Waals surface area contributed by atoms with Crippen LogP contribution in [-0.2, 0) is 0 Å². The highest BCUT2D eigenvalue weighted by molar-refractivity contribution is 7.80. The van der Waals surface area contributed by atoms with Crippen LogP contribution in [0.3, 0.4) is 0 Å². The molecule has 1 atom stereocenters. The minimum absolute atomic E-state index is 0.0588. The third-order valence-electron chi connectivity index (χ3n) is 5.43. The highest BCUT2D eigenvalue weighted by Crippen LogP contribution is 2.29. The van der Waals surface area contributed by atoms with Crippen molar-refractivity contribution in [3.8, 4) is 5.75 Å². The van der Waals surface area contributed by atoms with Crippen molar-refractivity contribution in [3.63, 3.8) is 0 Å². The minimum atomic E-state index is -0.455. The molecular weight excluding hydrogens is 423 g/mol. The summed E-state index contributed by atoms with van der Waals surface area (Å²) in [5, 5.41) is 6.91. The first-order valence-electron chi connectivity index (χ1n) is 10.1. The Morgan fingerprint density at radius 2 is 1.93 bits per heavy atom. The van der Waals surface area contributed by atoms with E-state index < -0.39 is 5.82 Å². The van der Waals surface area contributed by atoms with Gasteiger partial charge in [-0.15, -0.1) is 0 Å². The number of nitrogens with zero attached hydrogens (tertiary/aromatic N) is 2. The second-order valence-corrected chi connectivity index (χ2v) is 8.01. The fraction of sp³-hybridized carbons (Fsp3) is 0.409. The number of methoxy groups -OCH3 is 1. The van der Waals surface area contributed by atoms with Crippen LogP contribution < -0.4 is 15.4 Å². The number of benzene rings is 2. The van der Waals surface area contributed by atoms with Crippen LogP contribution in [0.4, 0.5) is 10.1 Å². The molecule has 2 N–H and O–H groups in total. The Morgan fingerprint density at radius 3 is 2.60 bits per heavy atom. The average molecular weight is 451 g/mol. The van der Waals surface area contributed by atoms with Crippen molar-refractivity contribution < 1.29 is 9.13 Å². The van der Waals surface area contributed by atoms with E-state index in [2.05, 4.69) is 33.4 Å². The van der Waals surface area contributed by atoms with Crippen molar-refractivity contribution in [2.75, 3.05) is 51.7 Å². The summed E-state index contributed by atoms with van der Waals surface area (Å²) in [6, 6.07) is 12.7. The predicted molar refractivity (Wildman–Crippen MR) is 125 cm³/mol. The number of likely N-dealkylation sites (N-methyl/N-ethyl adjacent to an activating group) is 1. The molecule has 1 unspecified atom stereocenters. The Balaban J connectivity index is 1.70. The summed E-state index contributed by atoms with van der Waals surface area (Å²) in [7, 11) is 1.70. The molecule has 1 saturated heterocycles. The average Bonchev–Trinajstić information content (AvgIpc) is 2.77. The lowest BCUT2D eigenvalue weighted by Gasteiger charge is -2.39. The number of hydrogen-bond acceptors (Lipinski definition) is 4. The third-order valence-corrected chi connectivity index (χ3v) is 5.96. The fourth-order valence-electron chi connectivity index (χ4n) is 3.71. The van der Waals surface area contributed by atoms with Gasteiger partial charge in [0, 0.05) is 44.0 Å². The van der Waals surface area contributed by atoms with E-state index in [4.69, 9.17) is 28.6 Å². The van der Waals surface area contributed by atoms with Gasteiger partial charge in [-0.2, -0.15) is 0 Å². The van der Waals surface area contributed by atoms with Gasteiger partial charge in [0.15, 0.2) is 5.11 Å². The van der Waals surface area contributed by atoms with Crippen molar-refractivity contribution in [2.24, 2.45) is 0 Å². The van der Waals surface area contributed by atoms with Gasteiger partial charge in [-0.25, -0.2) is 4.39 Å². The summed E-state index contributed by atoms with van der Waals surface area (Å²) in [6.07, 6.45) is 0. The van der Waals surface area contributed by atoms with Crippen LogP contribution in [-0.4, -0.2) is 61.3 Å². The van der Waals surface area contributed by atoms with Crippen LogP contribution in [0.25, 0.3) is 0 Å². The normalized spacial score (nSPS) is 16.1. The molecule has 30 heavy (non-hydrogen) atoms. The molecule has 5 nitrogen and oxygen atoms in total. The lowest BCUT2D eigenvalue weighted by molar-refractivity contribution is 0.0991. The highest BCUT2D eigenvalue weighted by Gasteiger charge is 2.26. The summed E-state index contributed by atoms with van der Waals surface area (Å²) < 4.78 is 19.0. The Kier molecular flexibility index (Phi) is 8.27. The maximum atomic E-state index is 13.4. The monoisotopic (exact) mass is 450 g/mol. The SMILES string of the molecule is CCN1CCN(C(CNC(=S)Nc2ccc(F)c(Cl)c2)c2ccccc2OC)CC1. The van der Waals surface area contributed by atoms with E-state index in [1.54, 1.807) is 13.2 Å². The smallest absolute Gasteiger partial charge is 0.170 e. The molecule has 1 aliphatic heterocycles. The van der Waals surface area contributed by atoms with E-state index in [0.29, 0.717) is 17.3 Å². The van der Waals surface area contributed by atoms with Crippen LogP contribution in [0.5, 0.6) is 5.75 Å². The maximum Gasteiger partial charge on any atom is 0.170 e. The van der Waals surface area contributed by atoms with Gasteiger partial charge in [-0.05, 0) is 43.0 Å². The number of anilines is 1. The molecule has 1 heterocycles. The fourth-order valence-corrected chi connectivity index (χ4v) is 4.09. The van der Waals surface area contributed by atoms with Crippen LogP contribution in [0.15, 0.2) is 42.5 Å². The summed E-state index contributed by atoms with van der Waals surface area (Å²) in [4.78, 5) is 4.92. The first-order valence-corrected chi connectivity index (χ1v) is 10.9. The van der Waals surface area contributed by atoms with Gasteiger partial charge in [0.25, 0.3) is 0 Å². The number of thiocarbonyl (C=S) groups is 1. The van der Waals surface area contributed by atoms with Gasteiger partial charge < -0.3 is 20.3 Å². The van der Waals surface area contributed by atoms with Gasteiger partial charge in [0.05, 0.1) is 18.2 Å². The van der Waals surface area contributed by atoms with Crippen LogP contribution in [0, 0.1) is 5.82 Å². The van der Waals surface area contributed by atoms with E-state index in [-0.39, 0.29) is 11.1 Å². The van der Waals surface area contributed by atoms with Crippen molar-refractivity contribution >= 4 is 34.6 Å². The van der Waals surface area contributed by atoms with E-state index in [1.807, 2.05) is 18.2 Å². The number of rotatable bonds is 7. The lowest BCUT2D eigenvalue weighted by Crippen LogP contribution is -2.49. The summed E-state index contributed by atoms with van der Waals surface area (Å²) in [5.74, 6) is 0.412. The summed E-state index contributed by atoms with van der Waals surface area (Å²) in [6.45, 7) is 7.92. The van der Waals surface area contributed by atoms with E-state index in [1.165, 1.54) is 12.1 Å². The van der Waals surface area contributed by atoms with Gasteiger partial charge in [0.1, 0.15) is 11.6 Å². The molecule has 0 bridgehead atoms. The van der Waals surface area contributed by atoms with E-state index >= 15 is 0 Å². The number of halogens is 2. The molecule has 0 amide bonds. The molecule has 0 radical (unpaired) electrons. The number of piperazine rings is 1. The lowest BCUT2D eigenvalue weighted by atomic mass is 10.0. The Morgan fingerprint density at radius 1 is 1.20 bits per heavy atom. The van der Waals surface area contributed by atoms with Gasteiger partial charge in [-0.1, -0.05) is 36.7 Å². The van der Waals surface area contributed by atoms with Crippen LogP contribution >= 0.6 is 23.8 Å². The number of para-hydroxylation sites is 1. The third kappa shape index (κ3) is 5.82. The van der Waals surface area contributed by atoms with Crippen molar-refractivity contribution in [1.82, 2.24) is 15.1 Å². The zero-order valence-corrected chi connectivity index (χ0v) is 18.9. The Hall–Kier alpha value is -1.93. The second-order valence-electron chi connectivity index (χ2n) is 7.19. The molecule has 2 aromatic rings. The minimum Gasteiger partial charge on any atom is -0.496 e. The molecule has 0 saturated carbocycles. The van der Waals surface area contributed by atoms with Crippen LogP contribution in [0.1, 0.15) is 18.5 Å². The van der Waals surface area contributed by atoms with Crippen molar-refractivity contribution in [2.45, 2.75) is 13.0 Å². The molecule has 2 aromatic carbocycles. The molecule has 162 valence electrons. The Labute approximate surface area is 188 Å². The van der Waals surface area contributed by atoms with Crippen molar-refractivity contribution in [1.29, 1.82) is 0 Å². The number of hydrogen-bond donors (Lipinski definition) is 2. The largest absolute Gasteiger partial charge is 0.496 e. The summed E-state index contributed by atoms with van der Waals surface area (Å²) in [5.41, 5.74) is 1.77. The quantitative estimate of drug-likeness (QED) is 0.617. The second kappa shape index (κ2) is 10.9. The van der Waals surface area contributed by atoms with Crippen LogP contribution in [0.2, 0.25) is 5.02 Å². The topological polar surface area (TPSA) is 39.8 Å². The molecule has 1 aliphatic rings. The molecule has 0 aliphatic carbocycles. The zero-order chi connectivity index (χ0) is 21.5. The number of ether oxygens (including phenoxy) is 1. The van der Waals surface area contributed by atoms with Gasteiger partial charge in [0.2, 0.25) is 0 Å². The molecular formula is C22H28ClFN4OS. The van der Waals surface area contributed by atoms with E-state index in [9.17, 15) is 4.39 Å². The number of nitrogens with one attached hydrogen (secondary N) is 2. The molecule has 0 spiro atoms. The van der Waals surface area contributed by atoms with Gasteiger partial charge in [-0.3, -0.25) is 4.90 Å². The molecule has 0 aromatic heterocycles. The van der Waals surface area contributed by atoms with Gasteiger partial charge >= 0.3 is 0 Å². The zero-order valence-electron chi connectivity index (χ0n) is 17.3. The molecule has 3 rings (SSSR count). The maximum absolute atomic E-state index is 13.4. The first kappa shape index (κ1) is 22.7. The molecule has 8 heteroatoms. The standard InChI is InChI=1S/C22H28ClFN4OS/c1-3-27-10-12-28(13-11-27)20(17-6-4-5-7-21(17)29-2)15-25-22(30)26-16-8-9-19(24)18(23)14-16/h4-9,14,20H,3,10-13,15H2,1-2H3,(H2,25,26,30).